The smallest absolute Gasteiger partial charge is 0.00161 e. The fraction of sp³-hybridized carbons (Fsp3) is 1.00. The molecule has 0 aromatic rings. The second-order valence-electron chi connectivity index (χ2n) is 8.44. The lowest BCUT2D eigenvalue weighted by Crippen LogP contribution is -2.57. The molecule has 1 saturated heterocycles. The third-order valence-corrected chi connectivity index (χ3v) is 7.39. The highest BCUT2D eigenvalue weighted by Crippen LogP contribution is 2.68. The molecule has 4 bridgehead atoms. The van der Waals surface area contributed by atoms with Gasteiger partial charge in [0.05, 0.1) is 0 Å². The second-order valence-corrected chi connectivity index (χ2v) is 8.44. The monoisotopic (exact) mass is 247 g/mol. The van der Waals surface area contributed by atoms with Gasteiger partial charge in [0.1, 0.15) is 0 Å². The first-order valence-corrected chi connectivity index (χ1v) is 8.34. The maximum Gasteiger partial charge on any atom is 0.00161 e. The molecule has 5 aliphatic rings. The fourth-order valence-corrected chi connectivity index (χ4v) is 6.99. The summed E-state index contributed by atoms with van der Waals surface area (Å²) in [6.45, 7) is 7.61. The van der Waals surface area contributed by atoms with E-state index in [4.69, 9.17) is 0 Å². The highest BCUT2D eigenvalue weighted by atomic mass is 14.9. The van der Waals surface area contributed by atoms with Crippen LogP contribution in [-0.2, 0) is 0 Å². The zero-order valence-electron chi connectivity index (χ0n) is 12.2. The first-order valence-electron chi connectivity index (χ1n) is 8.34. The Bertz CT molecular complexity index is 302. The average molecular weight is 247 g/mol. The van der Waals surface area contributed by atoms with Gasteiger partial charge in [0, 0.05) is 6.54 Å². The summed E-state index contributed by atoms with van der Waals surface area (Å²) < 4.78 is 0. The molecular weight excluding hydrogens is 218 g/mol. The molecule has 1 atom stereocenters. The molecular formula is C17H29N. The van der Waals surface area contributed by atoms with Gasteiger partial charge < -0.3 is 5.32 Å². The summed E-state index contributed by atoms with van der Waals surface area (Å²) in [5, 5.41) is 3.72. The second kappa shape index (κ2) is 3.75. The summed E-state index contributed by atoms with van der Waals surface area (Å²) in [5.74, 6) is 4.18. The van der Waals surface area contributed by atoms with Gasteiger partial charge in [-0.3, -0.25) is 0 Å². The van der Waals surface area contributed by atoms with Crippen molar-refractivity contribution >= 4 is 0 Å². The van der Waals surface area contributed by atoms with Crippen LogP contribution in [-0.4, -0.2) is 13.1 Å². The lowest BCUT2D eigenvalue weighted by Gasteiger charge is -2.64. The summed E-state index contributed by atoms with van der Waals surface area (Å²) >= 11 is 0. The van der Waals surface area contributed by atoms with E-state index >= 15 is 0 Å². The van der Waals surface area contributed by atoms with Crippen LogP contribution in [0.15, 0.2) is 0 Å². The molecule has 0 aromatic heterocycles. The summed E-state index contributed by atoms with van der Waals surface area (Å²) in [6.07, 6.45) is 11.0. The third kappa shape index (κ3) is 1.38. The van der Waals surface area contributed by atoms with E-state index < -0.39 is 0 Å². The SMILES string of the molecule is CC(C)C1(C23CC4CC(CC(C4)C2)C3)CCNC1. The van der Waals surface area contributed by atoms with E-state index in [1.165, 1.54) is 19.5 Å². The molecule has 1 nitrogen and oxygen atoms in total. The van der Waals surface area contributed by atoms with Crippen molar-refractivity contribution in [1.29, 1.82) is 0 Å². The van der Waals surface area contributed by atoms with E-state index in [1.807, 2.05) is 0 Å². The predicted octanol–water partition coefficient (Wildman–Crippen LogP) is 3.84. The molecule has 1 N–H and O–H groups in total. The molecule has 5 rings (SSSR count). The van der Waals surface area contributed by atoms with Crippen molar-refractivity contribution in [2.75, 3.05) is 13.1 Å². The zero-order valence-corrected chi connectivity index (χ0v) is 12.2. The van der Waals surface area contributed by atoms with Crippen molar-refractivity contribution in [3.8, 4) is 0 Å². The van der Waals surface area contributed by atoms with E-state index in [9.17, 15) is 0 Å². The Labute approximate surface area is 112 Å². The topological polar surface area (TPSA) is 12.0 Å². The normalized spacial score (nSPS) is 54.5. The van der Waals surface area contributed by atoms with Gasteiger partial charge >= 0.3 is 0 Å². The van der Waals surface area contributed by atoms with Crippen molar-refractivity contribution < 1.29 is 0 Å². The zero-order chi connectivity index (χ0) is 12.4. The molecule has 4 saturated carbocycles. The van der Waals surface area contributed by atoms with Gasteiger partial charge in [0.2, 0.25) is 0 Å². The maximum absolute atomic E-state index is 3.72. The Morgan fingerprint density at radius 2 is 1.50 bits per heavy atom. The van der Waals surface area contributed by atoms with Gasteiger partial charge in [0.25, 0.3) is 0 Å². The van der Waals surface area contributed by atoms with Crippen LogP contribution in [0.2, 0.25) is 0 Å². The Morgan fingerprint density at radius 3 is 1.89 bits per heavy atom. The molecule has 0 spiro atoms. The van der Waals surface area contributed by atoms with Crippen LogP contribution >= 0.6 is 0 Å². The Hall–Kier alpha value is -0.0400. The first-order chi connectivity index (χ1) is 8.64. The average Bonchev–Trinajstić information content (AvgIpc) is 2.77. The molecule has 0 radical (unpaired) electrons. The summed E-state index contributed by atoms with van der Waals surface area (Å²) in [6, 6.07) is 0. The lowest BCUT2D eigenvalue weighted by molar-refractivity contribution is -0.141. The van der Waals surface area contributed by atoms with Crippen LogP contribution in [0.3, 0.4) is 0 Å². The molecule has 1 heteroatoms. The van der Waals surface area contributed by atoms with Crippen molar-refractivity contribution in [3.63, 3.8) is 0 Å². The molecule has 1 unspecified atom stereocenters. The van der Waals surface area contributed by atoms with Crippen LogP contribution < -0.4 is 5.32 Å². The number of hydrogen-bond acceptors (Lipinski definition) is 1. The van der Waals surface area contributed by atoms with E-state index in [0.29, 0.717) is 5.41 Å². The quantitative estimate of drug-likeness (QED) is 0.782. The minimum Gasteiger partial charge on any atom is -0.316 e. The molecule has 102 valence electrons. The Morgan fingerprint density at radius 1 is 0.944 bits per heavy atom. The van der Waals surface area contributed by atoms with Gasteiger partial charge in [-0.1, -0.05) is 13.8 Å². The Kier molecular flexibility index (Phi) is 2.45. The highest BCUT2D eigenvalue weighted by molar-refractivity contribution is 5.12. The standard InChI is InChI=1S/C17H29N/c1-12(2)17(3-4-18-11-17)16-8-13-5-14(9-16)7-15(6-13)10-16/h12-15,18H,3-11H2,1-2H3. The molecule has 4 aliphatic carbocycles. The molecule has 0 amide bonds. The Balaban J connectivity index is 1.73. The van der Waals surface area contributed by atoms with Gasteiger partial charge in [-0.25, -0.2) is 0 Å². The van der Waals surface area contributed by atoms with Gasteiger partial charge in [-0.05, 0) is 86.0 Å². The minimum atomic E-state index is 0.642. The van der Waals surface area contributed by atoms with Gasteiger partial charge in [0.15, 0.2) is 0 Å². The van der Waals surface area contributed by atoms with Crippen molar-refractivity contribution in [3.05, 3.63) is 0 Å². The fourth-order valence-electron chi connectivity index (χ4n) is 6.99. The van der Waals surface area contributed by atoms with Crippen molar-refractivity contribution in [2.24, 2.45) is 34.5 Å². The van der Waals surface area contributed by atoms with Crippen molar-refractivity contribution in [1.82, 2.24) is 5.32 Å². The van der Waals surface area contributed by atoms with Crippen LogP contribution in [0, 0.1) is 34.5 Å². The van der Waals surface area contributed by atoms with E-state index in [1.54, 1.807) is 38.5 Å². The number of nitrogens with one attached hydrogen (secondary N) is 1. The number of hydrogen-bond donors (Lipinski definition) is 1. The molecule has 18 heavy (non-hydrogen) atoms. The van der Waals surface area contributed by atoms with E-state index in [2.05, 4.69) is 19.2 Å². The van der Waals surface area contributed by atoms with Gasteiger partial charge in [-0.15, -0.1) is 0 Å². The van der Waals surface area contributed by atoms with Gasteiger partial charge in [-0.2, -0.15) is 0 Å². The first kappa shape index (κ1) is 11.8. The third-order valence-electron chi connectivity index (χ3n) is 7.39. The van der Waals surface area contributed by atoms with Crippen LogP contribution in [0.5, 0.6) is 0 Å². The van der Waals surface area contributed by atoms with Crippen LogP contribution in [0.1, 0.15) is 58.8 Å². The van der Waals surface area contributed by atoms with Crippen LogP contribution in [0.25, 0.3) is 0 Å². The van der Waals surface area contributed by atoms with E-state index in [-0.39, 0.29) is 0 Å². The molecule has 5 fully saturated rings. The highest BCUT2D eigenvalue weighted by Gasteiger charge is 2.61. The lowest BCUT2D eigenvalue weighted by atomic mass is 9.40. The largest absolute Gasteiger partial charge is 0.316 e. The maximum atomic E-state index is 3.72. The molecule has 0 aromatic carbocycles. The minimum absolute atomic E-state index is 0.642. The predicted molar refractivity (Wildman–Crippen MR) is 75.4 cm³/mol. The summed E-state index contributed by atoms with van der Waals surface area (Å²) in [7, 11) is 0. The van der Waals surface area contributed by atoms with Crippen LogP contribution in [0.4, 0.5) is 0 Å². The summed E-state index contributed by atoms with van der Waals surface area (Å²) in [5.41, 5.74) is 1.38. The molecule has 1 aliphatic heterocycles. The van der Waals surface area contributed by atoms with E-state index in [0.717, 1.165) is 29.1 Å². The van der Waals surface area contributed by atoms with Crippen molar-refractivity contribution in [2.45, 2.75) is 58.8 Å². The molecule has 1 heterocycles. The number of rotatable bonds is 2. The summed E-state index contributed by atoms with van der Waals surface area (Å²) in [4.78, 5) is 0.